The Morgan fingerprint density at radius 2 is 2.08 bits per heavy atom. The third-order valence-electron chi connectivity index (χ3n) is 2.29. The van der Waals surface area contributed by atoms with Crippen LogP contribution in [-0.2, 0) is 0 Å². The third kappa shape index (κ3) is 1.95. The Labute approximate surface area is 78.7 Å². The zero-order chi connectivity index (χ0) is 9.10. The predicted molar refractivity (Wildman–Crippen MR) is 54.9 cm³/mol. The van der Waals surface area contributed by atoms with Gasteiger partial charge in [0.15, 0.2) is 0 Å². The van der Waals surface area contributed by atoms with Crippen molar-refractivity contribution in [3.8, 4) is 0 Å². The summed E-state index contributed by atoms with van der Waals surface area (Å²) in [5.74, 6) is 0. The predicted octanol–water partition coefficient (Wildman–Crippen LogP) is 2.14. The van der Waals surface area contributed by atoms with Gasteiger partial charge in [0.25, 0.3) is 0 Å². The lowest BCUT2D eigenvalue weighted by Gasteiger charge is -2.20. The van der Waals surface area contributed by atoms with Crippen molar-refractivity contribution in [2.75, 3.05) is 6.54 Å². The summed E-state index contributed by atoms with van der Waals surface area (Å²) in [6.45, 7) is 3.13. The largest absolute Gasteiger partial charge is 0.292 e. The van der Waals surface area contributed by atoms with Crippen molar-refractivity contribution in [3.63, 3.8) is 0 Å². The van der Waals surface area contributed by atoms with Crippen LogP contribution < -0.4 is 5.32 Å². The smallest absolute Gasteiger partial charge is 0.125 e. The highest BCUT2D eigenvalue weighted by Crippen LogP contribution is 2.16. The topological polar surface area (TPSA) is 24.4 Å². The van der Waals surface area contributed by atoms with Crippen LogP contribution in [-0.4, -0.2) is 12.3 Å². The highest BCUT2D eigenvalue weighted by molar-refractivity contribution is 5.82. The zero-order valence-corrected chi connectivity index (χ0v) is 7.83. The first kappa shape index (κ1) is 8.45. The van der Waals surface area contributed by atoms with Gasteiger partial charge in [-0.2, -0.15) is 0 Å². The average molecular weight is 174 g/mol. The van der Waals surface area contributed by atoms with Gasteiger partial charge in [0.1, 0.15) is 6.17 Å². The van der Waals surface area contributed by atoms with Crippen LogP contribution in [0.2, 0.25) is 0 Å². The Morgan fingerprint density at radius 3 is 2.77 bits per heavy atom. The maximum absolute atomic E-state index is 4.56. The fourth-order valence-electron chi connectivity index (χ4n) is 1.55. The van der Waals surface area contributed by atoms with Crippen LogP contribution in [0.1, 0.15) is 25.1 Å². The first-order valence-corrected chi connectivity index (χ1v) is 4.68. The van der Waals surface area contributed by atoms with Crippen LogP contribution in [0, 0.1) is 0 Å². The maximum atomic E-state index is 4.56. The van der Waals surface area contributed by atoms with E-state index in [4.69, 9.17) is 0 Å². The number of benzene rings is 1. The molecule has 0 spiro atoms. The van der Waals surface area contributed by atoms with E-state index < -0.39 is 0 Å². The molecule has 1 atom stereocenters. The number of rotatable bonds is 1. The van der Waals surface area contributed by atoms with Gasteiger partial charge in [-0.05, 0) is 18.9 Å². The van der Waals surface area contributed by atoms with E-state index in [2.05, 4.69) is 41.5 Å². The lowest BCUT2D eigenvalue weighted by molar-refractivity contribution is 0.541. The van der Waals surface area contributed by atoms with Crippen LogP contribution in [0.5, 0.6) is 0 Å². The van der Waals surface area contributed by atoms with E-state index in [1.807, 2.05) is 6.07 Å². The minimum Gasteiger partial charge on any atom is -0.292 e. The summed E-state index contributed by atoms with van der Waals surface area (Å²) < 4.78 is 0. The van der Waals surface area contributed by atoms with E-state index in [1.165, 1.54) is 11.3 Å². The fourth-order valence-corrected chi connectivity index (χ4v) is 1.55. The molecule has 1 aliphatic rings. The van der Waals surface area contributed by atoms with E-state index in [0.717, 1.165) is 13.0 Å². The summed E-state index contributed by atoms with van der Waals surface area (Å²) in [6.07, 6.45) is 1.25. The van der Waals surface area contributed by atoms with Crippen LogP contribution in [0.4, 0.5) is 0 Å². The molecule has 0 amide bonds. The molecule has 13 heavy (non-hydrogen) atoms. The molecule has 1 unspecified atom stereocenters. The molecule has 1 N–H and O–H groups in total. The van der Waals surface area contributed by atoms with Gasteiger partial charge in [0.05, 0.1) is 0 Å². The van der Waals surface area contributed by atoms with Crippen molar-refractivity contribution in [3.05, 3.63) is 35.9 Å². The summed E-state index contributed by atoms with van der Waals surface area (Å²) in [5.41, 5.74) is 2.49. The summed E-state index contributed by atoms with van der Waals surface area (Å²) in [6, 6.07) is 10.4. The molecule has 1 aromatic carbocycles. The maximum Gasteiger partial charge on any atom is 0.125 e. The van der Waals surface area contributed by atoms with Gasteiger partial charge in [-0.15, -0.1) is 0 Å². The van der Waals surface area contributed by atoms with E-state index in [1.54, 1.807) is 0 Å². The lowest BCUT2D eigenvalue weighted by atomic mass is 10.1. The summed E-state index contributed by atoms with van der Waals surface area (Å²) in [7, 11) is 0. The Kier molecular flexibility index (Phi) is 2.41. The van der Waals surface area contributed by atoms with E-state index >= 15 is 0 Å². The Morgan fingerprint density at radius 1 is 1.31 bits per heavy atom. The molecule has 0 fully saturated rings. The molecule has 0 saturated carbocycles. The highest BCUT2D eigenvalue weighted by atomic mass is 15.1. The molecule has 0 bridgehead atoms. The van der Waals surface area contributed by atoms with Crippen molar-refractivity contribution in [1.82, 2.24) is 5.32 Å². The van der Waals surface area contributed by atoms with E-state index in [0.29, 0.717) is 0 Å². The van der Waals surface area contributed by atoms with Gasteiger partial charge >= 0.3 is 0 Å². The second-order valence-electron chi connectivity index (χ2n) is 3.38. The third-order valence-corrected chi connectivity index (χ3v) is 2.29. The summed E-state index contributed by atoms with van der Waals surface area (Å²) in [4.78, 5) is 4.56. The quantitative estimate of drug-likeness (QED) is 0.693. The monoisotopic (exact) mass is 174 g/mol. The SMILES string of the molecule is CC1=NC(c2ccccc2)NCC1. The fraction of sp³-hybridized carbons (Fsp3) is 0.364. The Bertz CT molecular complexity index is 303. The summed E-state index contributed by atoms with van der Waals surface area (Å²) in [5, 5.41) is 3.38. The van der Waals surface area contributed by atoms with Crippen LogP contribution in [0.15, 0.2) is 35.3 Å². The molecule has 0 aliphatic carbocycles. The number of nitrogens with zero attached hydrogens (tertiary/aromatic N) is 1. The van der Waals surface area contributed by atoms with E-state index in [9.17, 15) is 0 Å². The van der Waals surface area contributed by atoms with Crippen LogP contribution in [0.25, 0.3) is 0 Å². The molecular weight excluding hydrogens is 160 g/mol. The number of hydrogen-bond donors (Lipinski definition) is 1. The minimum atomic E-state index is 0.176. The minimum absolute atomic E-state index is 0.176. The first-order chi connectivity index (χ1) is 6.36. The first-order valence-electron chi connectivity index (χ1n) is 4.68. The second kappa shape index (κ2) is 3.71. The molecule has 1 aliphatic heterocycles. The zero-order valence-electron chi connectivity index (χ0n) is 7.83. The van der Waals surface area contributed by atoms with Crippen molar-refractivity contribution in [1.29, 1.82) is 0 Å². The standard InChI is InChI=1S/C11H14N2/c1-9-7-8-12-11(13-9)10-5-3-2-4-6-10/h2-6,11-12H,7-8H2,1H3. The summed E-state index contributed by atoms with van der Waals surface area (Å²) >= 11 is 0. The number of aliphatic imine (C=N–C) groups is 1. The number of nitrogens with one attached hydrogen (secondary N) is 1. The van der Waals surface area contributed by atoms with E-state index in [-0.39, 0.29) is 6.17 Å². The molecule has 0 radical (unpaired) electrons. The van der Waals surface area contributed by atoms with Crippen molar-refractivity contribution >= 4 is 5.71 Å². The van der Waals surface area contributed by atoms with Gasteiger partial charge in [-0.3, -0.25) is 10.3 Å². The molecule has 2 rings (SSSR count). The molecule has 0 saturated heterocycles. The molecule has 2 heteroatoms. The molecule has 0 aromatic heterocycles. The average Bonchev–Trinajstić information content (AvgIpc) is 2.19. The van der Waals surface area contributed by atoms with Gasteiger partial charge in [0.2, 0.25) is 0 Å². The normalized spacial score (nSPS) is 22.5. The van der Waals surface area contributed by atoms with Crippen molar-refractivity contribution in [2.45, 2.75) is 19.5 Å². The molecule has 1 aromatic rings. The van der Waals surface area contributed by atoms with Crippen molar-refractivity contribution in [2.24, 2.45) is 4.99 Å². The van der Waals surface area contributed by atoms with Crippen molar-refractivity contribution < 1.29 is 0 Å². The van der Waals surface area contributed by atoms with Crippen LogP contribution >= 0.6 is 0 Å². The Balaban J connectivity index is 2.22. The van der Waals surface area contributed by atoms with Gasteiger partial charge in [0, 0.05) is 12.3 Å². The molecule has 2 nitrogen and oxygen atoms in total. The Hall–Kier alpha value is -1.15. The second-order valence-corrected chi connectivity index (χ2v) is 3.38. The molecule has 68 valence electrons. The van der Waals surface area contributed by atoms with Gasteiger partial charge < -0.3 is 0 Å². The molecular formula is C11H14N2. The lowest BCUT2D eigenvalue weighted by Crippen LogP contribution is -2.27. The molecule has 1 heterocycles. The highest BCUT2D eigenvalue weighted by Gasteiger charge is 2.12. The van der Waals surface area contributed by atoms with Gasteiger partial charge in [-0.25, -0.2) is 0 Å². The number of hydrogen-bond acceptors (Lipinski definition) is 2. The van der Waals surface area contributed by atoms with Crippen LogP contribution in [0.3, 0.4) is 0 Å². The van der Waals surface area contributed by atoms with Gasteiger partial charge in [-0.1, -0.05) is 30.3 Å².